The molecule has 0 bridgehead atoms. The fourth-order valence-electron chi connectivity index (χ4n) is 1.09. The van der Waals surface area contributed by atoms with Crippen LogP contribution in [0, 0.1) is 5.82 Å². The van der Waals surface area contributed by atoms with Crippen molar-refractivity contribution in [1.82, 2.24) is 0 Å². The van der Waals surface area contributed by atoms with E-state index in [4.69, 9.17) is 10.5 Å². The van der Waals surface area contributed by atoms with Crippen LogP contribution in [0.15, 0.2) is 6.07 Å². The molecule has 6 heteroatoms. The average Bonchev–Trinajstić information content (AvgIpc) is 2.23. The summed E-state index contributed by atoms with van der Waals surface area (Å²) in [5, 5.41) is 9.35. The first-order chi connectivity index (χ1) is 7.02. The number of rotatable bonds is 2. The molecule has 1 aromatic rings. The molecule has 0 heterocycles. The first kappa shape index (κ1) is 11.1. The van der Waals surface area contributed by atoms with E-state index in [2.05, 4.69) is 4.74 Å². The Kier molecular flexibility index (Phi) is 2.99. The van der Waals surface area contributed by atoms with Crippen LogP contribution in [0.3, 0.4) is 0 Å². The van der Waals surface area contributed by atoms with Crippen LogP contribution >= 0.6 is 0 Å². The Morgan fingerprint density at radius 2 is 2.13 bits per heavy atom. The van der Waals surface area contributed by atoms with Gasteiger partial charge in [0.15, 0.2) is 5.82 Å². The van der Waals surface area contributed by atoms with Crippen molar-refractivity contribution in [2.45, 2.75) is 0 Å². The van der Waals surface area contributed by atoms with Crippen LogP contribution in [-0.4, -0.2) is 25.3 Å². The Hall–Kier alpha value is -1.98. The van der Waals surface area contributed by atoms with Crippen LogP contribution in [-0.2, 0) is 4.74 Å². The number of methoxy groups -OCH3 is 2. The molecule has 0 aliphatic heterocycles. The van der Waals surface area contributed by atoms with E-state index in [0.29, 0.717) is 0 Å². The maximum atomic E-state index is 13.5. The quantitative estimate of drug-likeness (QED) is 0.435. The van der Waals surface area contributed by atoms with Crippen LogP contribution in [0.1, 0.15) is 10.4 Å². The van der Waals surface area contributed by atoms with E-state index in [9.17, 15) is 14.3 Å². The molecule has 0 saturated carbocycles. The second kappa shape index (κ2) is 4.04. The van der Waals surface area contributed by atoms with E-state index in [0.717, 1.165) is 13.2 Å². The number of benzene rings is 1. The molecule has 0 unspecified atom stereocenters. The number of carbonyl (C=O) groups is 1. The van der Waals surface area contributed by atoms with Crippen molar-refractivity contribution in [2.24, 2.45) is 0 Å². The summed E-state index contributed by atoms with van der Waals surface area (Å²) in [5.41, 5.74) is 4.38. The molecule has 1 rings (SSSR count). The summed E-state index contributed by atoms with van der Waals surface area (Å²) in [4.78, 5) is 11.1. The van der Waals surface area contributed by atoms with Crippen molar-refractivity contribution in [1.29, 1.82) is 0 Å². The van der Waals surface area contributed by atoms with Crippen LogP contribution in [0.4, 0.5) is 10.1 Å². The molecule has 0 saturated heterocycles. The number of hydrogen-bond donors (Lipinski definition) is 2. The van der Waals surface area contributed by atoms with Gasteiger partial charge in [-0.25, -0.2) is 9.18 Å². The zero-order valence-corrected chi connectivity index (χ0v) is 8.20. The molecule has 0 fully saturated rings. The number of phenols is 1. The van der Waals surface area contributed by atoms with Crippen molar-refractivity contribution < 1.29 is 23.8 Å². The van der Waals surface area contributed by atoms with Gasteiger partial charge in [-0.05, 0) is 0 Å². The van der Waals surface area contributed by atoms with Crippen LogP contribution in [0.5, 0.6) is 11.5 Å². The van der Waals surface area contributed by atoms with Gasteiger partial charge in [0.1, 0.15) is 22.7 Å². The minimum atomic E-state index is -1.06. The van der Waals surface area contributed by atoms with Gasteiger partial charge in [-0.15, -0.1) is 0 Å². The molecule has 0 aromatic heterocycles. The summed E-state index contributed by atoms with van der Waals surface area (Å²) in [6, 6.07) is 1.05. The summed E-state index contributed by atoms with van der Waals surface area (Å²) >= 11 is 0. The molecule has 0 amide bonds. The van der Waals surface area contributed by atoms with Gasteiger partial charge in [-0.1, -0.05) is 0 Å². The van der Waals surface area contributed by atoms with Crippen molar-refractivity contribution >= 4 is 11.7 Å². The van der Waals surface area contributed by atoms with Gasteiger partial charge >= 0.3 is 5.97 Å². The topological polar surface area (TPSA) is 81.8 Å². The van der Waals surface area contributed by atoms with E-state index in [1.165, 1.54) is 7.11 Å². The largest absolute Gasteiger partial charge is 0.507 e. The standard InChI is InChI=1S/C9H10FNO4/c1-14-5-3-4(12)6(9(13)15-2)7(10)8(5)11/h3,12H,11H2,1-2H3. The van der Waals surface area contributed by atoms with Gasteiger partial charge in [0.2, 0.25) is 0 Å². The fraction of sp³-hybridized carbons (Fsp3) is 0.222. The minimum absolute atomic E-state index is 0.0438. The second-order valence-electron chi connectivity index (χ2n) is 2.69. The molecule has 5 nitrogen and oxygen atoms in total. The highest BCUT2D eigenvalue weighted by Gasteiger charge is 2.22. The normalized spacial score (nSPS) is 9.80. The van der Waals surface area contributed by atoms with Gasteiger partial charge in [0, 0.05) is 6.07 Å². The Labute approximate surface area is 85.2 Å². The van der Waals surface area contributed by atoms with Crippen molar-refractivity contribution in [3.05, 3.63) is 17.4 Å². The zero-order chi connectivity index (χ0) is 11.6. The Morgan fingerprint density at radius 1 is 1.53 bits per heavy atom. The van der Waals surface area contributed by atoms with Crippen molar-refractivity contribution in [2.75, 3.05) is 20.0 Å². The number of nitrogens with two attached hydrogens (primary N) is 1. The van der Waals surface area contributed by atoms with Gasteiger partial charge in [-0.2, -0.15) is 0 Å². The number of nitrogen functional groups attached to an aromatic ring is 1. The number of hydrogen-bond acceptors (Lipinski definition) is 5. The number of carbonyl (C=O) groups excluding carboxylic acids is 1. The Morgan fingerprint density at radius 3 is 2.60 bits per heavy atom. The highest BCUT2D eigenvalue weighted by atomic mass is 19.1. The first-order valence-electron chi connectivity index (χ1n) is 3.96. The monoisotopic (exact) mass is 215 g/mol. The lowest BCUT2D eigenvalue weighted by Gasteiger charge is -2.10. The number of esters is 1. The van der Waals surface area contributed by atoms with E-state index >= 15 is 0 Å². The number of aromatic hydroxyl groups is 1. The minimum Gasteiger partial charge on any atom is -0.507 e. The summed E-state index contributed by atoms with van der Waals surface area (Å²) in [7, 11) is 2.34. The second-order valence-corrected chi connectivity index (χ2v) is 2.69. The Bertz CT molecular complexity index is 406. The fourth-order valence-corrected chi connectivity index (χ4v) is 1.09. The molecule has 3 N–H and O–H groups in total. The van der Waals surface area contributed by atoms with E-state index < -0.39 is 23.1 Å². The van der Waals surface area contributed by atoms with Crippen molar-refractivity contribution in [3.8, 4) is 11.5 Å². The van der Waals surface area contributed by atoms with Crippen LogP contribution in [0.2, 0.25) is 0 Å². The number of ether oxygens (including phenoxy) is 2. The van der Waals surface area contributed by atoms with Gasteiger partial charge in [0.25, 0.3) is 0 Å². The molecular weight excluding hydrogens is 205 g/mol. The highest BCUT2D eigenvalue weighted by Crippen LogP contribution is 2.34. The first-order valence-corrected chi connectivity index (χ1v) is 3.96. The number of anilines is 1. The average molecular weight is 215 g/mol. The van der Waals surface area contributed by atoms with Crippen LogP contribution in [0.25, 0.3) is 0 Å². The van der Waals surface area contributed by atoms with Crippen LogP contribution < -0.4 is 10.5 Å². The maximum absolute atomic E-state index is 13.5. The lowest BCUT2D eigenvalue weighted by atomic mass is 10.1. The van der Waals surface area contributed by atoms with Gasteiger partial charge in [0.05, 0.1) is 14.2 Å². The van der Waals surface area contributed by atoms with E-state index in [-0.39, 0.29) is 11.4 Å². The smallest absolute Gasteiger partial charge is 0.344 e. The SMILES string of the molecule is COC(=O)c1c(O)cc(OC)c(N)c1F. The third kappa shape index (κ3) is 1.78. The molecule has 0 spiro atoms. The molecule has 1 aromatic carbocycles. The van der Waals surface area contributed by atoms with Gasteiger partial charge in [-0.3, -0.25) is 0 Å². The highest BCUT2D eigenvalue weighted by molar-refractivity contribution is 5.94. The van der Waals surface area contributed by atoms with Crippen molar-refractivity contribution in [3.63, 3.8) is 0 Å². The van der Waals surface area contributed by atoms with E-state index in [1.807, 2.05) is 0 Å². The maximum Gasteiger partial charge on any atom is 0.344 e. The molecule has 0 atom stereocenters. The summed E-state index contributed by atoms with van der Waals surface area (Å²) in [6.07, 6.45) is 0. The molecule has 15 heavy (non-hydrogen) atoms. The lowest BCUT2D eigenvalue weighted by Crippen LogP contribution is -2.08. The molecule has 82 valence electrons. The van der Waals surface area contributed by atoms with E-state index in [1.54, 1.807) is 0 Å². The lowest BCUT2D eigenvalue weighted by molar-refractivity contribution is 0.0592. The summed E-state index contributed by atoms with van der Waals surface area (Å²) in [6.45, 7) is 0. The number of halogens is 1. The zero-order valence-electron chi connectivity index (χ0n) is 8.20. The summed E-state index contributed by atoms with van der Waals surface area (Å²) < 4.78 is 22.5. The third-order valence-electron chi connectivity index (χ3n) is 1.85. The molecule has 0 aliphatic carbocycles. The predicted octanol–water partition coefficient (Wildman–Crippen LogP) is 0.909. The summed E-state index contributed by atoms with van der Waals surface area (Å²) in [5.74, 6) is -2.68. The van der Waals surface area contributed by atoms with Gasteiger partial charge < -0.3 is 20.3 Å². The number of phenolic OH excluding ortho intramolecular Hbond substituents is 1. The molecular formula is C9H10FNO4. The Balaban J connectivity index is 3.42. The molecule has 0 aliphatic rings. The molecule has 0 radical (unpaired) electrons. The third-order valence-corrected chi connectivity index (χ3v) is 1.85. The predicted molar refractivity (Wildman–Crippen MR) is 50.4 cm³/mol.